The van der Waals surface area contributed by atoms with E-state index < -0.39 is 11.9 Å². The number of ether oxygens (including phenoxy) is 1. The highest BCUT2D eigenvalue weighted by atomic mass is 35.5. The van der Waals surface area contributed by atoms with Crippen LogP contribution in [0.1, 0.15) is 24.4 Å². The van der Waals surface area contributed by atoms with Crippen LogP contribution in [0.2, 0.25) is 5.02 Å². The zero-order valence-corrected chi connectivity index (χ0v) is 12.3. The first kappa shape index (κ1) is 14.3. The lowest BCUT2D eigenvalue weighted by atomic mass is 10.2. The summed E-state index contributed by atoms with van der Waals surface area (Å²) in [5.74, 6) is -0.0438. The van der Waals surface area contributed by atoms with Gasteiger partial charge in [-0.3, -0.25) is 9.38 Å². The molecule has 3 aromatic heterocycles. The van der Waals surface area contributed by atoms with Gasteiger partial charge in [-0.2, -0.15) is 5.26 Å². The van der Waals surface area contributed by atoms with Crippen LogP contribution in [0, 0.1) is 17.1 Å². The van der Waals surface area contributed by atoms with Crippen molar-refractivity contribution < 1.29 is 9.13 Å². The first-order valence-corrected chi connectivity index (χ1v) is 6.81. The summed E-state index contributed by atoms with van der Waals surface area (Å²) in [5, 5.41) is 9.59. The lowest BCUT2D eigenvalue weighted by Gasteiger charge is -2.16. The molecule has 0 radical (unpaired) electrons. The molecule has 0 spiro atoms. The van der Waals surface area contributed by atoms with E-state index in [1.54, 1.807) is 29.5 Å². The molecule has 0 aliphatic heterocycles. The molecule has 0 amide bonds. The van der Waals surface area contributed by atoms with Crippen molar-refractivity contribution in [3.63, 3.8) is 0 Å². The molecule has 0 N–H and O–H groups in total. The largest absolute Gasteiger partial charge is 0.469 e. The molecular weight excluding hydrogens is 307 g/mol. The normalized spacial score (nSPS) is 12.1. The summed E-state index contributed by atoms with van der Waals surface area (Å²) in [7, 11) is 0. The van der Waals surface area contributed by atoms with E-state index in [-0.39, 0.29) is 0 Å². The molecule has 3 rings (SSSR count). The maximum absolute atomic E-state index is 12.9. The molecule has 0 saturated heterocycles. The van der Waals surface area contributed by atoms with Crippen molar-refractivity contribution in [2.75, 3.05) is 0 Å². The van der Waals surface area contributed by atoms with Gasteiger partial charge < -0.3 is 4.74 Å². The van der Waals surface area contributed by atoms with Crippen LogP contribution in [0.4, 0.5) is 4.39 Å². The van der Waals surface area contributed by atoms with Crippen molar-refractivity contribution in [2.45, 2.75) is 13.0 Å². The minimum atomic E-state index is -0.448. The Bertz CT molecular complexity index is 870. The molecule has 3 aromatic rings. The SMILES string of the molecule is CC(Oc1cc(Cl)cc2ncc(C#N)n12)c1ccc(F)cn1. The van der Waals surface area contributed by atoms with Crippen LogP contribution in [0.3, 0.4) is 0 Å². The standard InChI is InChI=1S/C15H10ClFN4O/c1-9(13-3-2-11(17)7-19-13)22-15-5-10(16)4-14-20-8-12(6-18)21(14)15/h2-5,7-9H,1H3. The van der Waals surface area contributed by atoms with E-state index in [9.17, 15) is 4.39 Å². The predicted octanol–water partition coefficient (Wildman–Crippen LogP) is 3.53. The smallest absolute Gasteiger partial charge is 0.202 e. The third kappa shape index (κ3) is 2.59. The molecule has 22 heavy (non-hydrogen) atoms. The Morgan fingerprint density at radius 2 is 2.14 bits per heavy atom. The summed E-state index contributed by atoms with van der Waals surface area (Å²) >= 11 is 6.05. The van der Waals surface area contributed by atoms with Crippen molar-refractivity contribution in [2.24, 2.45) is 0 Å². The number of hydrogen-bond donors (Lipinski definition) is 0. The summed E-state index contributed by atoms with van der Waals surface area (Å²) in [4.78, 5) is 8.10. The lowest BCUT2D eigenvalue weighted by molar-refractivity contribution is 0.209. The number of nitriles is 1. The molecule has 7 heteroatoms. The number of nitrogens with zero attached hydrogens (tertiary/aromatic N) is 4. The monoisotopic (exact) mass is 316 g/mol. The number of hydrogen-bond acceptors (Lipinski definition) is 4. The fourth-order valence-corrected chi connectivity index (χ4v) is 2.27. The average molecular weight is 317 g/mol. The first-order valence-electron chi connectivity index (χ1n) is 6.43. The highest BCUT2D eigenvalue weighted by Gasteiger charge is 2.15. The van der Waals surface area contributed by atoms with Gasteiger partial charge in [-0.1, -0.05) is 11.6 Å². The predicted molar refractivity (Wildman–Crippen MR) is 78.2 cm³/mol. The Balaban J connectivity index is 2.01. The van der Waals surface area contributed by atoms with Crippen molar-refractivity contribution in [3.05, 3.63) is 58.9 Å². The quantitative estimate of drug-likeness (QED) is 0.741. The van der Waals surface area contributed by atoms with Crippen LogP contribution in [0.15, 0.2) is 36.7 Å². The molecule has 0 aliphatic rings. The van der Waals surface area contributed by atoms with E-state index in [4.69, 9.17) is 21.6 Å². The zero-order chi connectivity index (χ0) is 15.7. The molecule has 0 bridgehead atoms. The number of halogens is 2. The van der Waals surface area contributed by atoms with Gasteiger partial charge in [-0.05, 0) is 19.1 Å². The number of fused-ring (bicyclic) bond motifs is 1. The van der Waals surface area contributed by atoms with Crippen LogP contribution in [-0.2, 0) is 0 Å². The molecule has 0 aliphatic carbocycles. The van der Waals surface area contributed by atoms with E-state index in [1.807, 2.05) is 6.07 Å². The topological polar surface area (TPSA) is 63.2 Å². The van der Waals surface area contributed by atoms with Crippen LogP contribution >= 0.6 is 11.6 Å². The van der Waals surface area contributed by atoms with Gasteiger partial charge in [0.25, 0.3) is 0 Å². The molecule has 5 nitrogen and oxygen atoms in total. The van der Waals surface area contributed by atoms with Crippen LogP contribution in [0.25, 0.3) is 5.65 Å². The number of pyridine rings is 2. The van der Waals surface area contributed by atoms with E-state index in [1.165, 1.54) is 12.3 Å². The molecule has 110 valence electrons. The Labute approximate surface area is 130 Å². The van der Waals surface area contributed by atoms with Gasteiger partial charge in [0.1, 0.15) is 29.3 Å². The van der Waals surface area contributed by atoms with E-state index in [2.05, 4.69) is 9.97 Å². The van der Waals surface area contributed by atoms with Gasteiger partial charge in [-0.25, -0.2) is 9.37 Å². The second-order valence-electron chi connectivity index (χ2n) is 4.62. The molecule has 3 heterocycles. The minimum absolute atomic E-state index is 0.334. The maximum atomic E-state index is 12.9. The minimum Gasteiger partial charge on any atom is -0.469 e. The van der Waals surface area contributed by atoms with Gasteiger partial charge in [0.05, 0.1) is 18.1 Å². The molecule has 0 aromatic carbocycles. The first-order chi connectivity index (χ1) is 10.6. The van der Waals surface area contributed by atoms with E-state index >= 15 is 0 Å². The second kappa shape index (κ2) is 5.62. The lowest BCUT2D eigenvalue weighted by Crippen LogP contribution is -2.08. The number of imidazole rings is 1. The molecular formula is C15H10ClFN4O. The van der Waals surface area contributed by atoms with Gasteiger partial charge >= 0.3 is 0 Å². The Hall–Kier alpha value is -2.65. The van der Waals surface area contributed by atoms with Crippen LogP contribution in [-0.4, -0.2) is 14.4 Å². The summed E-state index contributed by atoms with van der Waals surface area (Å²) in [6.45, 7) is 1.77. The third-order valence-corrected chi connectivity index (χ3v) is 3.33. The number of rotatable bonds is 3. The van der Waals surface area contributed by atoms with Gasteiger partial charge in [-0.15, -0.1) is 0 Å². The Kier molecular flexibility index (Phi) is 3.65. The number of aromatic nitrogens is 3. The van der Waals surface area contributed by atoms with Gasteiger partial charge in [0.2, 0.25) is 5.88 Å². The maximum Gasteiger partial charge on any atom is 0.202 e. The molecule has 1 atom stereocenters. The fraction of sp³-hybridized carbons (Fsp3) is 0.133. The summed E-state index contributed by atoms with van der Waals surface area (Å²) in [5.41, 5.74) is 1.41. The second-order valence-corrected chi connectivity index (χ2v) is 5.06. The van der Waals surface area contributed by atoms with Crippen molar-refractivity contribution in [1.29, 1.82) is 5.26 Å². The molecule has 0 saturated carbocycles. The van der Waals surface area contributed by atoms with E-state index in [0.717, 1.165) is 6.20 Å². The average Bonchev–Trinajstić information content (AvgIpc) is 2.90. The fourth-order valence-electron chi connectivity index (χ4n) is 2.08. The van der Waals surface area contributed by atoms with E-state index in [0.29, 0.717) is 27.9 Å². The highest BCUT2D eigenvalue weighted by Crippen LogP contribution is 2.26. The summed E-state index contributed by atoms with van der Waals surface area (Å²) in [6, 6.07) is 8.13. The zero-order valence-electron chi connectivity index (χ0n) is 11.5. The van der Waals surface area contributed by atoms with Crippen LogP contribution in [0.5, 0.6) is 5.88 Å². The van der Waals surface area contributed by atoms with Crippen molar-refractivity contribution >= 4 is 17.2 Å². The summed E-state index contributed by atoms with van der Waals surface area (Å²) in [6.07, 6.45) is 2.12. The highest BCUT2D eigenvalue weighted by molar-refractivity contribution is 6.31. The van der Waals surface area contributed by atoms with Crippen LogP contribution < -0.4 is 4.74 Å². The van der Waals surface area contributed by atoms with Gasteiger partial charge in [0.15, 0.2) is 0 Å². The molecule has 1 unspecified atom stereocenters. The third-order valence-electron chi connectivity index (χ3n) is 3.12. The van der Waals surface area contributed by atoms with Gasteiger partial charge in [0, 0.05) is 17.2 Å². The summed E-state index contributed by atoms with van der Waals surface area (Å²) < 4.78 is 20.3. The Morgan fingerprint density at radius 1 is 1.32 bits per heavy atom. The molecule has 0 fully saturated rings. The van der Waals surface area contributed by atoms with Crippen molar-refractivity contribution in [3.8, 4) is 11.9 Å². The van der Waals surface area contributed by atoms with Crippen molar-refractivity contribution in [1.82, 2.24) is 14.4 Å². The Morgan fingerprint density at radius 3 is 2.82 bits per heavy atom.